The van der Waals surface area contributed by atoms with Crippen molar-refractivity contribution in [3.05, 3.63) is 107 Å². The summed E-state index contributed by atoms with van der Waals surface area (Å²) in [6.45, 7) is 0.734. The van der Waals surface area contributed by atoms with Gasteiger partial charge in [-0.15, -0.1) is 0 Å². The van der Waals surface area contributed by atoms with E-state index in [0.29, 0.717) is 6.42 Å². The molecule has 0 radical (unpaired) electrons. The van der Waals surface area contributed by atoms with Crippen LogP contribution in [-0.4, -0.2) is 21.7 Å². The number of hydrogen-bond acceptors (Lipinski definition) is 2. The first-order valence-electron chi connectivity index (χ1n) is 9.91. The first-order valence-corrected chi connectivity index (χ1v) is 10.3. The highest BCUT2D eigenvalue weighted by atomic mass is 35.5. The van der Waals surface area contributed by atoms with Crippen molar-refractivity contribution in [2.45, 2.75) is 19.0 Å². The van der Waals surface area contributed by atoms with Gasteiger partial charge in [-0.1, -0.05) is 72.3 Å². The summed E-state index contributed by atoms with van der Waals surface area (Å²) >= 11 is 6.04. The second kappa shape index (κ2) is 7.81. The van der Waals surface area contributed by atoms with Crippen molar-refractivity contribution in [3.8, 4) is 0 Å². The van der Waals surface area contributed by atoms with Crippen LogP contribution in [0.2, 0.25) is 5.02 Å². The van der Waals surface area contributed by atoms with Gasteiger partial charge in [-0.2, -0.15) is 5.10 Å². The summed E-state index contributed by atoms with van der Waals surface area (Å²) in [6.07, 6.45) is 3.67. The van der Waals surface area contributed by atoms with Crippen LogP contribution >= 0.6 is 11.6 Å². The Labute approximate surface area is 180 Å². The van der Waals surface area contributed by atoms with E-state index >= 15 is 0 Å². The predicted octanol–water partition coefficient (Wildman–Crippen LogP) is 5.65. The molecule has 5 heteroatoms. The van der Waals surface area contributed by atoms with E-state index in [9.17, 15) is 4.79 Å². The van der Waals surface area contributed by atoms with Gasteiger partial charge in [0.1, 0.15) is 0 Å². The van der Waals surface area contributed by atoms with Crippen LogP contribution in [0.25, 0.3) is 10.9 Å². The molecule has 3 aromatic carbocycles. The van der Waals surface area contributed by atoms with Gasteiger partial charge in [0.25, 0.3) is 0 Å². The Kier molecular flexibility index (Phi) is 4.85. The normalized spacial score (nSPS) is 16.1. The van der Waals surface area contributed by atoms with Crippen molar-refractivity contribution < 1.29 is 4.79 Å². The van der Waals surface area contributed by atoms with Gasteiger partial charge >= 0.3 is 0 Å². The highest BCUT2D eigenvalue weighted by Gasteiger charge is 2.31. The van der Waals surface area contributed by atoms with Gasteiger partial charge in [0.15, 0.2) is 0 Å². The molecule has 0 saturated carbocycles. The summed E-state index contributed by atoms with van der Waals surface area (Å²) in [7, 11) is 0. The van der Waals surface area contributed by atoms with Gasteiger partial charge in [-0.3, -0.25) is 4.79 Å². The standard InChI is InChI=1S/C25H20ClN3O/c26-20-12-10-18(11-13-20)15-28-16-22(21-8-4-5-9-24(21)28)25-14-23(27-29(25)17-30)19-6-2-1-3-7-19/h1-13,16-17,25H,14-15H2. The fraction of sp³-hybridized carbons (Fsp3) is 0.120. The van der Waals surface area contributed by atoms with E-state index in [0.717, 1.165) is 45.7 Å². The van der Waals surface area contributed by atoms with Crippen LogP contribution in [0.1, 0.15) is 29.2 Å². The lowest BCUT2D eigenvalue weighted by molar-refractivity contribution is -0.119. The molecule has 1 unspecified atom stereocenters. The maximum Gasteiger partial charge on any atom is 0.230 e. The molecular formula is C25H20ClN3O. The topological polar surface area (TPSA) is 37.6 Å². The molecule has 30 heavy (non-hydrogen) atoms. The summed E-state index contributed by atoms with van der Waals surface area (Å²) in [4.78, 5) is 11.8. The minimum Gasteiger partial charge on any atom is -0.343 e. The number of carbonyl (C=O) groups is 1. The number of rotatable bonds is 5. The van der Waals surface area contributed by atoms with Gasteiger partial charge in [0, 0.05) is 40.7 Å². The number of halogens is 1. The Hall–Kier alpha value is -3.37. The molecule has 148 valence electrons. The van der Waals surface area contributed by atoms with Crippen LogP contribution in [0.5, 0.6) is 0 Å². The summed E-state index contributed by atoms with van der Waals surface area (Å²) in [5, 5.41) is 8.03. The van der Waals surface area contributed by atoms with E-state index in [4.69, 9.17) is 11.6 Å². The molecule has 0 spiro atoms. The molecule has 1 aromatic heterocycles. The second-order valence-electron chi connectivity index (χ2n) is 7.47. The molecule has 1 aliphatic heterocycles. The minimum absolute atomic E-state index is 0.117. The van der Waals surface area contributed by atoms with Gasteiger partial charge in [0.05, 0.1) is 11.8 Å². The number of hydrazone groups is 1. The van der Waals surface area contributed by atoms with Crippen LogP contribution in [0, 0.1) is 0 Å². The van der Waals surface area contributed by atoms with Crippen LogP contribution in [0.15, 0.2) is 90.2 Å². The Morgan fingerprint density at radius 3 is 2.47 bits per heavy atom. The first kappa shape index (κ1) is 18.6. The van der Waals surface area contributed by atoms with E-state index in [-0.39, 0.29) is 6.04 Å². The van der Waals surface area contributed by atoms with Crippen molar-refractivity contribution in [2.75, 3.05) is 0 Å². The second-order valence-corrected chi connectivity index (χ2v) is 7.91. The van der Waals surface area contributed by atoms with Crippen molar-refractivity contribution in [1.29, 1.82) is 0 Å². The van der Waals surface area contributed by atoms with Crippen LogP contribution in [0.4, 0.5) is 0 Å². The lowest BCUT2D eigenvalue weighted by Gasteiger charge is -2.16. The number of nitrogens with zero attached hydrogens (tertiary/aromatic N) is 3. The summed E-state index contributed by atoms with van der Waals surface area (Å²) < 4.78 is 2.23. The third-order valence-corrected chi connectivity index (χ3v) is 5.85. The fourth-order valence-electron chi connectivity index (χ4n) is 4.14. The zero-order chi connectivity index (χ0) is 20.5. The third-order valence-electron chi connectivity index (χ3n) is 5.60. The van der Waals surface area contributed by atoms with E-state index in [1.165, 1.54) is 5.56 Å². The molecule has 1 aliphatic rings. The zero-order valence-electron chi connectivity index (χ0n) is 16.3. The van der Waals surface area contributed by atoms with E-state index in [1.807, 2.05) is 66.7 Å². The predicted molar refractivity (Wildman–Crippen MR) is 121 cm³/mol. The molecular weight excluding hydrogens is 394 g/mol. The van der Waals surface area contributed by atoms with Crippen LogP contribution < -0.4 is 0 Å². The molecule has 1 atom stereocenters. The fourth-order valence-corrected chi connectivity index (χ4v) is 4.27. The first-order chi connectivity index (χ1) is 14.7. The van der Waals surface area contributed by atoms with E-state index in [1.54, 1.807) is 5.01 Å². The highest BCUT2D eigenvalue weighted by Crippen LogP contribution is 2.36. The number of aromatic nitrogens is 1. The third kappa shape index (κ3) is 3.40. The van der Waals surface area contributed by atoms with Crippen molar-refractivity contribution >= 4 is 34.6 Å². The average Bonchev–Trinajstić information content (AvgIpc) is 3.38. The van der Waals surface area contributed by atoms with Gasteiger partial charge in [0.2, 0.25) is 6.41 Å². The molecule has 0 saturated heterocycles. The number of fused-ring (bicyclic) bond motifs is 1. The molecule has 1 amide bonds. The van der Waals surface area contributed by atoms with Crippen molar-refractivity contribution in [2.24, 2.45) is 5.10 Å². The lowest BCUT2D eigenvalue weighted by Crippen LogP contribution is -2.17. The number of benzene rings is 3. The molecule has 0 bridgehead atoms. The highest BCUT2D eigenvalue weighted by molar-refractivity contribution is 6.30. The Morgan fingerprint density at radius 2 is 1.70 bits per heavy atom. The quantitative estimate of drug-likeness (QED) is 0.389. The van der Waals surface area contributed by atoms with Gasteiger partial charge in [-0.05, 0) is 29.3 Å². The van der Waals surface area contributed by atoms with Gasteiger partial charge < -0.3 is 4.57 Å². The van der Waals surface area contributed by atoms with Crippen LogP contribution in [0.3, 0.4) is 0 Å². The molecule has 0 aliphatic carbocycles. The number of carbonyl (C=O) groups excluding carboxylic acids is 1. The SMILES string of the molecule is O=CN1N=C(c2ccccc2)CC1c1cn(Cc2ccc(Cl)cc2)c2ccccc12. The number of para-hydroxylation sites is 1. The molecule has 5 rings (SSSR count). The molecule has 0 N–H and O–H groups in total. The Morgan fingerprint density at radius 1 is 0.967 bits per heavy atom. The average molecular weight is 414 g/mol. The maximum atomic E-state index is 11.8. The van der Waals surface area contributed by atoms with Crippen LogP contribution in [-0.2, 0) is 11.3 Å². The van der Waals surface area contributed by atoms with Crippen molar-refractivity contribution in [1.82, 2.24) is 9.58 Å². The largest absolute Gasteiger partial charge is 0.343 e. The van der Waals surface area contributed by atoms with E-state index in [2.05, 4.69) is 28.0 Å². The lowest BCUT2D eigenvalue weighted by atomic mass is 9.98. The summed E-state index contributed by atoms with van der Waals surface area (Å²) in [5.41, 5.74) is 5.41. The maximum absolute atomic E-state index is 11.8. The molecule has 2 heterocycles. The molecule has 0 fully saturated rings. The Bertz CT molecular complexity index is 1230. The molecule has 4 aromatic rings. The number of amides is 1. The van der Waals surface area contributed by atoms with Crippen molar-refractivity contribution in [3.63, 3.8) is 0 Å². The summed E-state index contributed by atoms with van der Waals surface area (Å²) in [5.74, 6) is 0. The van der Waals surface area contributed by atoms with E-state index < -0.39 is 0 Å². The minimum atomic E-state index is -0.117. The molecule has 4 nitrogen and oxygen atoms in total. The Balaban J connectivity index is 1.53. The van der Waals surface area contributed by atoms with Gasteiger partial charge in [-0.25, -0.2) is 5.01 Å². The zero-order valence-corrected chi connectivity index (χ0v) is 17.0. The summed E-state index contributed by atoms with van der Waals surface area (Å²) in [6, 6.07) is 26.2. The smallest absolute Gasteiger partial charge is 0.230 e. The number of hydrogen-bond donors (Lipinski definition) is 0. The monoisotopic (exact) mass is 413 g/mol.